The summed E-state index contributed by atoms with van der Waals surface area (Å²) >= 11 is 5.77. The van der Waals surface area contributed by atoms with E-state index >= 15 is 0 Å². The number of pyridine rings is 1. The fourth-order valence-electron chi connectivity index (χ4n) is 3.76. The average Bonchev–Trinajstić information content (AvgIpc) is 2.59. The van der Waals surface area contributed by atoms with Crippen molar-refractivity contribution >= 4 is 29.2 Å². The summed E-state index contributed by atoms with van der Waals surface area (Å²) < 4.78 is 0. The number of amides is 3. The summed E-state index contributed by atoms with van der Waals surface area (Å²) in [6, 6.07) is 3.28. The van der Waals surface area contributed by atoms with E-state index in [1.165, 1.54) is 0 Å². The first kappa shape index (κ1) is 17.0. The molecule has 6 nitrogen and oxygen atoms in total. The Morgan fingerprint density at radius 3 is 2.92 bits per heavy atom. The Balaban J connectivity index is 1.65. The van der Waals surface area contributed by atoms with Gasteiger partial charge in [-0.15, -0.1) is 0 Å². The topological polar surface area (TPSA) is 65.5 Å². The molecule has 130 valence electrons. The Kier molecular flexibility index (Phi) is 4.94. The van der Waals surface area contributed by atoms with Crippen LogP contribution in [0.2, 0.25) is 5.15 Å². The van der Waals surface area contributed by atoms with E-state index in [4.69, 9.17) is 11.6 Å². The van der Waals surface area contributed by atoms with Gasteiger partial charge in [-0.25, -0.2) is 9.78 Å². The van der Waals surface area contributed by atoms with Crippen molar-refractivity contribution in [3.05, 3.63) is 23.5 Å². The predicted octanol–water partition coefficient (Wildman–Crippen LogP) is 2.99. The largest absolute Gasteiger partial charge is 0.342 e. The molecule has 7 heteroatoms. The van der Waals surface area contributed by atoms with E-state index in [1.807, 2.05) is 16.7 Å². The second kappa shape index (κ2) is 6.97. The van der Waals surface area contributed by atoms with Crippen LogP contribution in [0.3, 0.4) is 0 Å². The van der Waals surface area contributed by atoms with E-state index in [0.717, 1.165) is 38.9 Å². The molecular weight excluding hydrogens is 328 g/mol. The Morgan fingerprint density at radius 1 is 1.38 bits per heavy atom. The lowest BCUT2D eigenvalue weighted by molar-refractivity contribution is -0.138. The van der Waals surface area contributed by atoms with Gasteiger partial charge in [0.2, 0.25) is 5.91 Å². The molecule has 0 aliphatic carbocycles. The molecular formula is C17H23ClN4O2. The van der Waals surface area contributed by atoms with Crippen LogP contribution in [0.15, 0.2) is 18.3 Å². The van der Waals surface area contributed by atoms with E-state index in [9.17, 15) is 9.59 Å². The van der Waals surface area contributed by atoms with Crippen molar-refractivity contribution in [3.8, 4) is 0 Å². The molecule has 2 aliphatic heterocycles. The van der Waals surface area contributed by atoms with Crippen LogP contribution < -0.4 is 5.32 Å². The van der Waals surface area contributed by atoms with E-state index in [1.54, 1.807) is 18.3 Å². The normalized spacial score (nSPS) is 24.3. The van der Waals surface area contributed by atoms with Crippen LogP contribution in [0.1, 0.15) is 32.6 Å². The number of urea groups is 1. The lowest BCUT2D eigenvalue weighted by Gasteiger charge is -2.48. The summed E-state index contributed by atoms with van der Waals surface area (Å²) in [6.07, 6.45) is 5.05. The predicted molar refractivity (Wildman–Crippen MR) is 93.0 cm³/mol. The summed E-state index contributed by atoms with van der Waals surface area (Å²) in [5.74, 6) is 0.233. The first-order valence-corrected chi connectivity index (χ1v) is 8.84. The first-order chi connectivity index (χ1) is 11.5. The second-order valence-corrected chi connectivity index (χ2v) is 7.12. The standard InChI is InChI=1S/C17H23ClN4O2/c1-2-21-11-17(8-6-15(21)23)7-3-9-22(12-17)16(24)20-13-4-5-14(18)19-10-13/h4-5,10H,2-3,6-9,11-12H2,1H3,(H,20,24). The summed E-state index contributed by atoms with van der Waals surface area (Å²) in [4.78, 5) is 32.3. The van der Waals surface area contributed by atoms with Gasteiger partial charge in [-0.1, -0.05) is 11.6 Å². The minimum Gasteiger partial charge on any atom is -0.342 e. The third-order valence-corrected chi connectivity index (χ3v) is 5.28. The van der Waals surface area contributed by atoms with Crippen molar-refractivity contribution in [2.45, 2.75) is 32.6 Å². The summed E-state index contributed by atoms with van der Waals surface area (Å²) in [6.45, 7) is 4.95. The molecule has 2 saturated heterocycles. The Labute approximate surface area is 147 Å². The van der Waals surface area contributed by atoms with Crippen molar-refractivity contribution in [2.75, 3.05) is 31.5 Å². The van der Waals surface area contributed by atoms with E-state index in [0.29, 0.717) is 23.8 Å². The SMILES string of the molecule is CCN1CC2(CCCN(C(=O)Nc3ccc(Cl)nc3)C2)CCC1=O. The molecule has 0 aromatic carbocycles. The third-order valence-electron chi connectivity index (χ3n) is 5.06. The molecule has 1 aromatic rings. The van der Waals surface area contributed by atoms with Gasteiger partial charge in [0, 0.05) is 38.0 Å². The molecule has 0 saturated carbocycles. The Bertz CT molecular complexity index is 622. The molecule has 3 heterocycles. The fourth-order valence-corrected chi connectivity index (χ4v) is 3.87. The van der Waals surface area contributed by atoms with Crippen LogP contribution in [-0.2, 0) is 4.79 Å². The van der Waals surface area contributed by atoms with Gasteiger partial charge >= 0.3 is 6.03 Å². The molecule has 0 bridgehead atoms. The number of aromatic nitrogens is 1. The number of carbonyl (C=O) groups excluding carboxylic acids is 2. The van der Waals surface area contributed by atoms with Gasteiger partial charge in [-0.05, 0) is 38.3 Å². The quantitative estimate of drug-likeness (QED) is 0.834. The van der Waals surface area contributed by atoms with Crippen LogP contribution in [0, 0.1) is 5.41 Å². The smallest absolute Gasteiger partial charge is 0.321 e. The number of halogens is 1. The summed E-state index contributed by atoms with van der Waals surface area (Å²) in [5, 5.41) is 3.28. The van der Waals surface area contributed by atoms with Crippen molar-refractivity contribution in [2.24, 2.45) is 5.41 Å². The maximum Gasteiger partial charge on any atom is 0.321 e. The summed E-state index contributed by atoms with van der Waals surface area (Å²) in [5.41, 5.74) is 0.677. The van der Waals surface area contributed by atoms with Gasteiger partial charge in [-0.2, -0.15) is 0 Å². The second-order valence-electron chi connectivity index (χ2n) is 6.73. The number of nitrogens with one attached hydrogen (secondary N) is 1. The van der Waals surface area contributed by atoms with Crippen molar-refractivity contribution in [1.29, 1.82) is 0 Å². The van der Waals surface area contributed by atoms with E-state index < -0.39 is 0 Å². The number of anilines is 1. The van der Waals surface area contributed by atoms with Crippen molar-refractivity contribution in [1.82, 2.24) is 14.8 Å². The Hall–Kier alpha value is -1.82. The van der Waals surface area contributed by atoms with Crippen LogP contribution in [0.5, 0.6) is 0 Å². The van der Waals surface area contributed by atoms with Gasteiger partial charge in [0.15, 0.2) is 0 Å². The van der Waals surface area contributed by atoms with Gasteiger partial charge in [0.1, 0.15) is 5.15 Å². The number of likely N-dealkylation sites (tertiary alicyclic amines) is 2. The van der Waals surface area contributed by atoms with Crippen LogP contribution in [0.4, 0.5) is 10.5 Å². The molecule has 1 atom stereocenters. The minimum absolute atomic E-state index is 0.0394. The lowest BCUT2D eigenvalue weighted by atomic mass is 9.73. The number of hydrogen-bond acceptors (Lipinski definition) is 3. The number of piperidine rings is 2. The molecule has 24 heavy (non-hydrogen) atoms. The van der Waals surface area contributed by atoms with Gasteiger partial charge in [-0.3, -0.25) is 4.79 Å². The monoisotopic (exact) mass is 350 g/mol. The highest BCUT2D eigenvalue weighted by atomic mass is 35.5. The third kappa shape index (κ3) is 3.64. The maximum atomic E-state index is 12.6. The number of rotatable bonds is 2. The highest BCUT2D eigenvalue weighted by Gasteiger charge is 2.42. The van der Waals surface area contributed by atoms with Gasteiger partial charge in [0.25, 0.3) is 0 Å². The lowest BCUT2D eigenvalue weighted by Crippen LogP contribution is -2.55. The molecule has 3 rings (SSSR count). The van der Waals surface area contributed by atoms with Crippen molar-refractivity contribution in [3.63, 3.8) is 0 Å². The zero-order valence-electron chi connectivity index (χ0n) is 13.9. The highest BCUT2D eigenvalue weighted by molar-refractivity contribution is 6.29. The zero-order valence-corrected chi connectivity index (χ0v) is 14.7. The molecule has 1 spiro atoms. The van der Waals surface area contributed by atoms with Gasteiger partial charge in [0.05, 0.1) is 11.9 Å². The highest BCUT2D eigenvalue weighted by Crippen LogP contribution is 2.38. The zero-order chi connectivity index (χ0) is 17.2. The molecule has 1 unspecified atom stereocenters. The number of hydrogen-bond donors (Lipinski definition) is 1. The molecule has 2 aliphatic rings. The number of nitrogens with zero attached hydrogens (tertiary/aromatic N) is 3. The van der Waals surface area contributed by atoms with Crippen LogP contribution >= 0.6 is 11.6 Å². The van der Waals surface area contributed by atoms with Crippen LogP contribution in [0.25, 0.3) is 0 Å². The maximum absolute atomic E-state index is 12.6. The van der Waals surface area contributed by atoms with Gasteiger partial charge < -0.3 is 15.1 Å². The first-order valence-electron chi connectivity index (χ1n) is 8.47. The van der Waals surface area contributed by atoms with E-state index in [-0.39, 0.29) is 17.4 Å². The minimum atomic E-state index is -0.113. The fraction of sp³-hybridized carbons (Fsp3) is 0.588. The molecule has 2 fully saturated rings. The molecule has 0 radical (unpaired) electrons. The molecule has 1 aromatic heterocycles. The van der Waals surface area contributed by atoms with E-state index in [2.05, 4.69) is 10.3 Å². The summed E-state index contributed by atoms with van der Waals surface area (Å²) in [7, 11) is 0. The molecule has 1 N–H and O–H groups in total. The Morgan fingerprint density at radius 2 is 2.21 bits per heavy atom. The van der Waals surface area contributed by atoms with Crippen LogP contribution in [-0.4, -0.2) is 52.9 Å². The number of carbonyl (C=O) groups is 2. The average molecular weight is 351 g/mol. The van der Waals surface area contributed by atoms with Crippen molar-refractivity contribution < 1.29 is 9.59 Å². The molecule has 3 amide bonds.